The Morgan fingerprint density at radius 2 is 1.89 bits per heavy atom. The average Bonchev–Trinajstić information content (AvgIpc) is 2.73. The fourth-order valence-electron chi connectivity index (χ4n) is 3.05. The van der Waals surface area contributed by atoms with Gasteiger partial charge in [-0.2, -0.15) is 4.31 Å². The molecular weight excluding hydrogens is 364 g/mol. The Hall–Kier alpha value is -1.93. The number of nitrogens with zero attached hydrogens (tertiary/aromatic N) is 1. The van der Waals surface area contributed by atoms with Crippen LogP contribution in [0.25, 0.3) is 0 Å². The number of methoxy groups -OCH3 is 1. The molecule has 0 saturated carbocycles. The molecule has 1 aliphatic heterocycles. The van der Waals surface area contributed by atoms with Gasteiger partial charge in [0.1, 0.15) is 5.75 Å². The van der Waals surface area contributed by atoms with Crippen molar-refractivity contribution >= 4 is 10.0 Å². The first-order valence-corrected chi connectivity index (χ1v) is 10.5. The van der Waals surface area contributed by atoms with Crippen LogP contribution in [0, 0.1) is 0 Å². The van der Waals surface area contributed by atoms with Crippen molar-refractivity contribution in [3.63, 3.8) is 0 Å². The lowest BCUT2D eigenvalue weighted by Crippen LogP contribution is -2.40. The third kappa shape index (κ3) is 4.87. The Morgan fingerprint density at radius 1 is 1.15 bits per heavy atom. The van der Waals surface area contributed by atoms with Crippen molar-refractivity contribution < 1.29 is 17.9 Å². The van der Waals surface area contributed by atoms with Crippen LogP contribution in [-0.4, -0.2) is 46.1 Å². The van der Waals surface area contributed by atoms with Crippen LogP contribution >= 0.6 is 0 Å². The molecule has 7 heteroatoms. The lowest BCUT2D eigenvalue weighted by atomic mass is 10.1. The van der Waals surface area contributed by atoms with Crippen LogP contribution in [0.2, 0.25) is 0 Å². The highest BCUT2D eigenvalue weighted by Crippen LogP contribution is 2.21. The zero-order chi connectivity index (χ0) is 19.3. The van der Waals surface area contributed by atoms with Gasteiger partial charge in [0, 0.05) is 25.7 Å². The Labute approximate surface area is 161 Å². The third-order valence-corrected chi connectivity index (χ3v) is 6.61. The minimum atomic E-state index is -3.48. The molecule has 0 aromatic heterocycles. The molecule has 0 radical (unpaired) electrons. The fraction of sp³-hybridized carbons (Fsp3) is 0.400. The van der Waals surface area contributed by atoms with E-state index in [0.717, 1.165) is 16.9 Å². The maximum Gasteiger partial charge on any atom is 0.243 e. The molecule has 1 fully saturated rings. The van der Waals surface area contributed by atoms with Gasteiger partial charge in [0.25, 0.3) is 0 Å². The summed E-state index contributed by atoms with van der Waals surface area (Å²) in [4.78, 5) is 0.331. The Kier molecular flexibility index (Phi) is 6.49. The van der Waals surface area contributed by atoms with E-state index in [-0.39, 0.29) is 6.04 Å². The first-order chi connectivity index (χ1) is 13.0. The van der Waals surface area contributed by atoms with E-state index in [1.807, 2.05) is 30.3 Å². The smallest absolute Gasteiger partial charge is 0.243 e. The normalized spacial score (nSPS) is 16.8. The zero-order valence-electron chi connectivity index (χ0n) is 15.7. The molecule has 3 rings (SSSR count). The highest BCUT2D eigenvalue weighted by molar-refractivity contribution is 7.89. The number of hydrogen-bond donors (Lipinski definition) is 1. The molecule has 0 unspecified atom stereocenters. The SMILES string of the molecule is COc1cccc([C@@H](C)NCc2cccc(S(=O)(=O)N3CCOCC3)c2)c1. The molecule has 1 saturated heterocycles. The van der Waals surface area contributed by atoms with Crippen molar-refractivity contribution in [3.05, 3.63) is 59.7 Å². The molecule has 27 heavy (non-hydrogen) atoms. The van der Waals surface area contributed by atoms with E-state index >= 15 is 0 Å². The van der Waals surface area contributed by atoms with Gasteiger partial charge in [-0.15, -0.1) is 0 Å². The first kappa shape index (κ1) is 19.8. The summed E-state index contributed by atoms with van der Waals surface area (Å²) in [5.41, 5.74) is 2.05. The van der Waals surface area contributed by atoms with E-state index < -0.39 is 10.0 Å². The Bertz CT molecular complexity index is 864. The summed E-state index contributed by atoms with van der Waals surface area (Å²) >= 11 is 0. The van der Waals surface area contributed by atoms with Crippen molar-refractivity contribution in [3.8, 4) is 5.75 Å². The van der Waals surface area contributed by atoms with Crippen molar-refractivity contribution in [2.24, 2.45) is 0 Å². The molecule has 146 valence electrons. The van der Waals surface area contributed by atoms with Gasteiger partial charge < -0.3 is 14.8 Å². The summed E-state index contributed by atoms with van der Waals surface area (Å²) in [6, 6.07) is 15.1. The number of rotatable bonds is 7. The van der Waals surface area contributed by atoms with Crippen molar-refractivity contribution in [1.29, 1.82) is 0 Å². The van der Waals surface area contributed by atoms with Gasteiger partial charge in [-0.3, -0.25) is 0 Å². The molecule has 6 nitrogen and oxygen atoms in total. The number of sulfonamides is 1. The molecule has 1 N–H and O–H groups in total. The van der Waals surface area contributed by atoms with E-state index in [0.29, 0.717) is 37.7 Å². The summed E-state index contributed by atoms with van der Waals surface area (Å²) in [5, 5.41) is 3.44. The fourth-order valence-corrected chi connectivity index (χ4v) is 4.53. The predicted octanol–water partition coefficient (Wildman–Crippen LogP) is 2.57. The summed E-state index contributed by atoms with van der Waals surface area (Å²) in [7, 11) is -1.82. The maximum absolute atomic E-state index is 12.8. The van der Waals surface area contributed by atoms with E-state index in [1.165, 1.54) is 4.31 Å². The molecule has 0 bridgehead atoms. The standard InChI is InChI=1S/C20H26N2O4S/c1-16(18-6-4-7-19(14-18)25-2)21-15-17-5-3-8-20(13-17)27(23,24)22-9-11-26-12-10-22/h3-8,13-14,16,21H,9-12,15H2,1-2H3/t16-/m1/s1. The van der Waals surface area contributed by atoms with E-state index in [9.17, 15) is 8.42 Å². The Morgan fingerprint density at radius 3 is 2.63 bits per heavy atom. The lowest BCUT2D eigenvalue weighted by molar-refractivity contribution is 0.0730. The second-order valence-electron chi connectivity index (χ2n) is 6.54. The van der Waals surface area contributed by atoms with Crippen molar-refractivity contribution in [2.75, 3.05) is 33.4 Å². The van der Waals surface area contributed by atoms with Crippen LogP contribution in [0.1, 0.15) is 24.1 Å². The number of hydrogen-bond acceptors (Lipinski definition) is 5. The topological polar surface area (TPSA) is 67.9 Å². The van der Waals surface area contributed by atoms with E-state index in [1.54, 1.807) is 25.3 Å². The quantitative estimate of drug-likeness (QED) is 0.787. The minimum absolute atomic E-state index is 0.111. The van der Waals surface area contributed by atoms with Crippen LogP contribution in [0.5, 0.6) is 5.75 Å². The molecule has 1 heterocycles. The molecule has 2 aromatic rings. The average molecular weight is 391 g/mol. The van der Waals surface area contributed by atoms with E-state index in [2.05, 4.69) is 12.2 Å². The van der Waals surface area contributed by atoms with E-state index in [4.69, 9.17) is 9.47 Å². The lowest BCUT2D eigenvalue weighted by Gasteiger charge is -2.26. The summed E-state index contributed by atoms with van der Waals surface area (Å²) in [6.45, 7) is 4.33. The summed E-state index contributed by atoms with van der Waals surface area (Å²) in [6.07, 6.45) is 0. The largest absolute Gasteiger partial charge is 0.497 e. The van der Waals surface area contributed by atoms with Gasteiger partial charge in [0.05, 0.1) is 25.2 Å². The predicted molar refractivity (Wildman–Crippen MR) is 104 cm³/mol. The molecular formula is C20H26N2O4S. The van der Waals surface area contributed by atoms with Gasteiger partial charge in [0.15, 0.2) is 0 Å². The highest BCUT2D eigenvalue weighted by Gasteiger charge is 2.26. The van der Waals surface area contributed by atoms with Crippen molar-refractivity contribution in [1.82, 2.24) is 9.62 Å². The van der Waals surface area contributed by atoms with Crippen LogP contribution in [0.3, 0.4) is 0 Å². The number of morpholine rings is 1. The van der Waals surface area contributed by atoms with Crippen LogP contribution in [0.15, 0.2) is 53.4 Å². The summed E-state index contributed by atoms with van der Waals surface area (Å²) in [5.74, 6) is 0.819. The molecule has 0 amide bonds. The number of nitrogens with one attached hydrogen (secondary N) is 1. The molecule has 1 aliphatic rings. The van der Waals surface area contributed by atoms with Gasteiger partial charge in [0.2, 0.25) is 10.0 Å². The molecule has 0 aliphatic carbocycles. The minimum Gasteiger partial charge on any atom is -0.497 e. The van der Waals surface area contributed by atoms with Gasteiger partial charge in [-0.05, 0) is 42.3 Å². The summed E-state index contributed by atoms with van der Waals surface area (Å²) < 4.78 is 37.6. The monoisotopic (exact) mass is 390 g/mol. The second kappa shape index (κ2) is 8.84. The number of ether oxygens (including phenoxy) is 2. The van der Waals surface area contributed by atoms with Crippen LogP contribution < -0.4 is 10.1 Å². The zero-order valence-corrected chi connectivity index (χ0v) is 16.5. The molecule has 1 atom stereocenters. The van der Waals surface area contributed by atoms with Gasteiger partial charge >= 0.3 is 0 Å². The van der Waals surface area contributed by atoms with Gasteiger partial charge in [-0.25, -0.2) is 8.42 Å². The molecule has 2 aromatic carbocycles. The third-order valence-electron chi connectivity index (χ3n) is 4.71. The van der Waals surface area contributed by atoms with Crippen molar-refractivity contribution in [2.45, 2.75) is 24.4 Å². The Balaban J connectivity index is 1.68. The van der Waals surface area contributed by atoms with Crippen LogP contribution in [-0.2, 0) is 21.3 Å². The molecule has 0 spiro atoms. The number of benzene rings is 2. The first-order valence-electron chi connectivity index (χ1n) is 9.05. The maximum atomic E-state index is 12.8. The second-order valence-corrected chi connectivity index (χ2v) is 8.48. The highest BCUT2D eigenvalue weighted by atomic mass is 32.2. The van der Waals surface area contributed by atoms with Crippen LogP contribution in [0.4, 0.5) is 0 Å². The van der Waals surface area contributed by atoms with Gasteiger partial charge in [-0.1, -0.05) is 24.3 Å².